The van der Waals surface area contributed by atoms with Crippen LogP contribution in [0.15, 0.2) is 40.9 Å². The van der Waals surface area contributed by atoms with E-state index < -0.39 is 0 Å². The van der Waals surface area contributed by atoms with Crippen molar-refractivity contribution in [1.82, 2.24) is 15.0 Å². The predicted molar refractivity (Wildman–Crippen MR) is 97.2 cm³/mol. The van der Waals surface area contributed by atoms with Crippen LogP contribution < -0.4 is 0 Å². The standard InChI is InChI=1S/C20H27N3O2/c1-3-7-19(17-8-5-4-6-9-17)20(24)23-12-10-22(11-13-23)15-18-14-16(2)21-25-18/h4-6,8-9,14,19H,3,7,10-13,15H2,1-2H3. The van der Waals surface area contributed by atoms with Crippen LogP contribution in [-0.4, -0.2) is 47.0 Å². The highest BCUT2D eigenvalue weighted by atomic mass is 16.5. The van der Waals surface area contributed by atoms with E-state index in [1.54, 1.807) is 0 Å². The maximum Gasteiger partial charge on any atom is 0.230 e. The van der Waals surface area contributed by atoms with Crippen LogP contribution in [0.4, 0.5) is 0 Å². The molecule has 1 fully saturated rings. The first-order valence-corrected chi connectivity index (χ1v) is 9.15. The minimum Gasteiger partial charge on any atom is -0.360 e. The van der Waals surface area contributed by atoms with Gasteiger partial charge in [0, 0.05) is 32.2 Å². The average molecular weight is 341 g/mol. The number of nitrogens with zero attached hydrogens (tertiary/aromatic N) is 3. The number of hydrogen-bond acceptors (Lipinski definition) is 4. The van der Waals surface area contributed by atoms with Gasteiger partial charge >= 0.3 is 0 Å². The third kappa shape index (κ3) is 4.48. The highest BCUT2D eigenvalue weighted by molar-refractivity contribution is 5.83. The molecule has 1 saturated heterocycles. The number of hydrogen-bond donors (Lipinski definition) is 0. The molecule has 1 aromatic heterocycles. The van der Waals surface area contributed by atoms with Crippen molar-refractivity contribution < 1.29 is 9.32 Å². The molecule has 2 heterocycles. The van der Waals surface area contributed by atoms with Crippen molar-refractivity contribution in [2.75, 3.05) is 26.2 Å². The van der Waals surface area contributed by atoms with Crippen LogP contribution >= 0.6 is 0 Å². The quantitative estimate of drug-likeness (QED) is 0.809. The molecule has 25 heavy (non-hydrogen) atoms. The van der Waals surface area contributed by atoms with Gasteiger partial charge in [0.1, 0.15) is 0 Å². The number of benzene rings is 1. The van der Waals surface area contributed by atoms with Crippen molar-refractivity contribution in [3.05, 3.63) is 53.4 Å². The number of piperazine rings is 1. The third-order valence-corrected chi connectivity index (χ3v) is 4.82. The Kier molecular flexibility index (Phi) is 5.87. The Morgan fingerprint density at radius 2 is 1.92 bits per heavy atom. The van der Waals surface area contributed by atoms with Crippen molar-refractivity contribution in [3.8, 4) is 0 Å². The van der Waals surface area contributed by atoms with E-state index in [2.05, 4.69) is 29.1 Å². The van der Waals surface area contributed by atoms with Crippen LogP contribution in [0.3, 0.4) is 0 Å². The fourth-order valence-electron chi connectivity index (χ4n) is 3.46. The second kappa shape index (κ2) is 8.30. The molecule has 5 heteroatoms. The Hall–Kier alpha value is -2.14. The molecule has 0 spiro atoms. The highest BCUT2D eigenvalue weighted by Gasteiger charge is 2.28. The molecule has 2 aromatic rings. The zero-order valence-corrected chi connectivity index (χ0v) is 15.1. The molecule has 1 unspecified atom stereocenters. The van der Waals surface area contributed by atoms with E-state index >= 15 is 0 Å². The van der Waals surface area contributed by atoms with Crippen LogP contribution in [0.25, 0.3) is 0 Å². The lowest BCUT2D eigenvalue weighted by Gasteiger charge is -2.36. The van der Waals surface area contributed by atoms with Crippen molar-refractivity contribution in [1.29, 1.82) is 0 Å². The Bertz CT molecular complexity index is 675. The van der Waals surface area contributed by atoms with Crippen LogP contribution in [0.5, 0.6) is 0 Å². The average Bonchev–Trinajstić information content (AvgIpc) is 3.05. The lowest BCUT2D eigenvalue weighted by atomic mass is 9.93. The Balaban J connectivity index is 1.58. The molecule has 5 nitrogen and oxygen atoms in total. The summed E-state index contributed by atoms with van der Waals surface area (Å²) in [5, 5.41) is 3.94. The molecule has 134 valence electrons. The summed E-state index contributed by atoms with van der Waals surface area (Å²) in [5.41, 5.74) is 2.04. The summed E-state index contributed by atoms with van der Waals surface area (Å²) < 4.78 is 5.30. The maximum absolute atomic E-state index is 13.0. The molecule has 1 atom stereocenters. The molecule has 3 rings (SSSR count). The number of rotatable bonds is 6. The molecule has 0 radical (unpaired) electrons. The number of carbonyl (C=O) groups excluding carboxylic acids is 1. The van der Waals surface area contributed by atoms with Gasteiger partial charge in [-0.2, -0.15) is 0 Å². The molecule has 1 aromatic carbocycles. The summed E-state index contributed by atoms with van der Waals surface area (Å²) >= 11 is 0. The van der Waals surface area contributed by atoms with Gasteiger partial charge in [-0.15, -0.1) is 0 Å². The van der Waals surface area contributed by atoms with E-state index in [0.29, 0.717) is 0 Å². The van der Waals surface area contributed by atoms with E-state index in [0.717, 1.165) is 62.6 Å². The molecular weight excluding hydrogens is 314 g/mol. The van der Waals surface area contributed by atoms with Gasteiger partial charge in [0.25, 0.3) is 0 Å². The Morgan fingerprint density at radius 1 is 1.20 bits per heavy atom. The molecule has 0 bridgehead atoms. The van der Waals surface area contributed by atoms with Gasteiger partial charge in [0.15, 0.2) is 5.76 Å². The van der Waals surface area contributed by atoms with Gasteiger partial charge in [-0.3, -0.25) is 9.69 Å². The topological polar surface area (TPSA) is 49.6 Å². The number of aryl methyl sites for hydroxylation is 1. The van der Waals surface area contributed by atoms with Crippen molar-refractivity contribution >= 4 is 5.91 Å². The monoisotopic (exact) mass is 341 g/mol. The number of amides is 1. The maximum atomic E-state index is 13.0. The van der Waals surface area contributed by atoms with Crippen molar-refractivity contribution in [2.24, 2.45) is 0 Å². The normalized spacial score (nSPS) is 16.8. The summed E-state index contributed by atoms with van der Waals surface area (Å²) in [6, 6.07) is 12.2. The van der Waals surface area contributed by atoms with Gasteiger partial charge in [-0.05, 0) is 18.9 Å². The van der Waals surface area contributed by atoms with Crippen LogP contribution in [0.1, 0.15) is 42.7 Å². The van der Waals surface area contributed by atoms with E-state index in [4.69, 9.17) is 4.52 Å². The van der Waals surface area contributed by atoms with E-state index in [1.165, 1.54) is 0 Å². The Labute approximate surface area is 149 Å². The highest BCUT2D eigenvalue weighted by Crippen LogP contribution is 2.24. The molecule has 0 N–H and O–H groups in total. The summed E-state index contributed by atoms with van der Waals surface area (Å²) in [6.07, 6.45) is 1.91. The van der Waals surface area contributed by atoms with Gasteiger partial charge in [0.05, 0.1) is 18.2 Å². The molecule has 1 amide bonds. The summed E-state index contributed by atoms with van der Waals surface area (Å²) in [5.74, 6) is 1.14. The first-order valence-electron chi connectivity index (χ1n) is 9.15. The van der Waals surface area contributed by atoms with Crippen LogP contribution in [0.2, 0.25) is 0 Å². The zero-order valence-electron chi connectivity index (χ0n) is 15.1. The van der Waals surface area contributed by atoms with Gasteiger partial charge in [0.2, 0.25) is 5.91 Å². The van der Waals surface area contributed by atoms with Crippen LogP contribution in [-0.2, 0) is 11.3 Å². The smallest absolute Gasteiger partial charge is 0.230 e. The van der Waals surface area contributed by atoms with Crippen molar-refractivity contribution in [2.45, 2.75) is 39.2 Å². The SMILES string of the molecule is CCCC(C(=O)N1CCN(Cc2cc(C)no2)CC1)c1ccccc1. The predicted octanol–water partition coefficient (Wildman–Crippen LogP) is 3.21. The fraction of sp³-hybridized carbons (Fsp3) is 0.500. The van der Waals surface area contributed by atoms with E-state index in [-0.39, 0.29) is 11.8 Å². The molecule has 1 aliphatic heterocycles. The summed E-state index contributed by atoms with van der Waals surface area (Å²) in [6.45, 7) is 8.14. The van der Waals surface area contributed by atoms with Crippen LogP contribution in [0, 0.1) is 6.92 Å². The molecular formula is C20H27N3O2. The lowest BCUT2D eigenvalue weighted by molar-refractivity contribution is -0.134. The van der Waals surface area contributed by atoms with Gasteiger partial charge < -0.3 is 9.42 Å². The molecule has 1 aliphatic rings. The zero-order chi connectivity index (χ0) is 17.6. The molecule has 0 saturated carbocycles. The number of carbonyl (C=O) groups is 1. The Morgan fingerprint density at radius 3 is 2.52 bits per heavy atom. The second-order valence-electron chi connectivity index (χ2n) is 6.79. The third-order valence-electron chi connectivity index (χ3n) is 4.82. The molecule has 0 aliphatic carbocycles. The first-order chi connectivity index (χ1) is 12.2. The summed E-state index contributed by atoms with van der Waals surface area (Å²) in [7, 11) is 0. The second-order valence-corrected chi connectivity index (χ2v) is 6.79. The minimum atomic E-state index is -0.0188. The first kappa shape index (κ1) is 17.7. The fourth-order valence-corrected chi connectivity index (χ4v) is 3.46. The largest absolute Gasteiger partial charge is 0.360 e. The number of aromatic nitrogens is 1. The van der Waals surface area contributed by atoms with E-state index in [1.807, 2.05) is 36.1 Å². The summed E-state index contributed by atoms with van der Waals surface area (Å²) in [4.78, 5) is 17.4. The minimum absolute atomic E-state index is 0.0188. The van der Waals surface area contributed by atoms with Gasteiger partial charge in [-0.25, -0.2) is 0 Å². The lowest BCUT2D eigenvalue weighted by Crippen LogP contribution is -2.49. The van der Waals surface area contributed by atoms with Gasteiger partial charge in [-0.1, -0.05) is 48.8 Å². The van der Waals surface area contributed by atoms with E-state index in [9.17, 15) is 4.79 Å². The van der Waals surface area contributed by atoms with Crippen molar-refractivity contribution in [3.63, 3.8) is 0 Å².